The largest absolute Gasteiger partial charge is 0.738 e. The molecule has 13 nitrogen and oxygen atoms in total. The fourth-order valence-corrected chi connectivity index (χ4v) is 3.10. The number of hydrogen-bond donors (Lipinski definition) is 4. The summed E-state index contributed by atoms with van der Waals surface area (Å²) in [5.74, 6) is -1.93. The van der Waals surface area contributed by atoms with E-state index in [0.29, 0.717) is 5.70 Å². The van der Waals surface area contributed by atoms with Gasteiger partial charge in [0.05, 0.1) is 36.1 Å². The fraction of sp³-hybridized carbons (Fsp3) is 0.353. The third-order valence-corrected chi connectivity index (χ3v) is 4.30. The molecule has 1 aliphatic heterocycles. The average Bonchev–Trinajstić information content (AvgIpc) is 2.66. The lowest BCUT2D eigenvalue weighted by atomic mass is 9.84. The number of carbonyl (C=O) groups is 1. The first-order valence-electron chi connectivity index (χ1n) is 8.70. The molecule has 0 aliphatic carbocycles. The van der Waals surface area contributed by atoms with Crippen LogP contribution in [0.1, 0.15) is 31.7 Å². The van der Waals surface area contributed by atoms with Crippen molar-refractivity contribution in [2.45, 2.75) is 26.2 Å². The van der Waals surface area contributed by atoms with Crippen LogP contribution in [0.15, 0.2) is 46.9 Å². The van der Waals surface area contributed by atoms with Gasteiger partial charge in [0.25, 0.3) is 0 Å². The van der Waals surface area contributed by atoms with Crippen molar-refractivity contribution < 1.29 is 30.0 Å². The predicted octanol–water partition coefficient (Wildman–Crippen LogP) is 1.82. The van der Waals surface area contributed by atoms with Gasteiger partial charge < -0.3 is 41.3 Å². The molecule has 1 aromatic rings. The van der Waals surface area contributed by atoms with Gasteiger partial charge in [-0.15, -0.1) is 5.39 Å². The first-order chi connectivity index (χ1) is 14.1. The second-order valence-corrected chi connectivity index (χ2v) is 6.31. The molecule has 0 aromatic heterocycles. The van der Waals surface area contributed by atoms with Crippen LogP contribution in [0.3, 0.4) is 0 Å². The quantitative estimate of drug-likeness (QED) is 0.255. The number of nitrogens with zero attached hydrogens (tertiary/aromatic N) is 3. The van der Waals surface area contributed by atoms with E-state index in [1.54, 1.807) is 6.92 Å². The Labute approximate surface area is 171 Å². The fourth-order valence-electron chi connectivity index (χ4n) is 3.10. The number of ether oxygens (including phenoxy) is 1. The van der Waals surface area contributed by atoms with E-state index in [1.165, 1.54) is 31.2 Å². The highest BCUT2D eigenvalue weighted by Gasteiger charge is 2.35. The number of allylic oxidation sites excluding steroid dienone is 3. The van der Waals surface area contributed by atoms with Crippen molar-refractivity contribution in [1.82, 2.24) is 15.9 Å². The molecule has 1 aromatic carbocycles. The number of carbonyl (C=O) groups excluding carboxylic acids is 1. The van der Waals surface area contributed by atoms with E-state index in [-0.39, 0.29) is 58.3 Å². The van der Waals surface area contributed by atoms with Crippen LogP contribution < -0.4 is 10.5 Å². The van der Waals surface area contributed by atoms with Gasteiger partial charge in [0.2, 0.25) is 0 Å². The van der Waals surface area contributed by atoms with Crippen LogP contribution in [0.4, 0.5) is 5.69 Å². The Kier molecular flexibility index (Phi) is 8.10. The van der Waals surface area contributed by atoms with Gasteiger partial charge >= 0.3 is 5.97 Å². The van der Waals surface area contributed by atoms with Gasteiger partial charge in [-0.3, -0.25) is 15.3 Å². The molecule has 0 saturated heterocycles. The monoisotopic (exact) mass is 425 g/mol. The molecule has 2 rings (SSSR count). The molecular formula is C17H21N4O9-3. The smallest absolute Gasteiger partial charge is 0.336 e. The lowest BCUT2D eigenvalue weighted by Gasteiger charge is -2.38. The summed E-state index contributed by atoms with van der Waals surface area (Å²) in [5.41, 5.74) is 0.528. The highest BCUT2D eigenvalue weighted by molar-refractivity contribution is 5.92. The van der Waals surface area contributed by atoms with Gasteiger partial charge in [-0.1, -0.05) is 12.1 Å². The zero-order valence-corrected chi connectivity index (χ0v) is 16.1. The summed E-state index contributed by atoms with van der Waals surface area (Å²) in [4.78, 5) is 17.0. The van der Waals surface area contributed by atoms with Crippen LogP contribution in [0.5, 0.6) is 0 Å². The predicted molar refractivity (Wildman–Crippen MR) is 101 cm³/mol. The molecule has 1 heterocycles. The van der Waals surface area contributed by atoms with E-state index >= 15 is 0 Å². The molecule has 0 fully saturated rings. The highest BCUT2D eigenvalue weighted by atomic mass is 17.1. The maximum atomic E-state index is 12.8. The van der Waals surface area contributed by atoms with Crippen LogP contribution in [0.2, 0.25) is 0 Å². The first kappa shape index (κ1) is 23.5. The third-order valence-electron chi connectivity index (χ3n) is 4.30. The molecule has 30 heavy (non-hydrogen) atoms. The van der Waals surface area contributed by atoms with Crippen molar-refractivity contribution in [3.05, 3.63) is 68.1 Å². The number of rotatable bonds is 9. The summed E-state index contributed by atoms with van der Waals surface area (Å²) in [7, 11) is 0. The van der Waals surface area contributed by atoms with E-state index in [2.05, 4.69) is 10.2 Å². The topological polar surface area (TPSA) is 187 Å². The summed E-state index contributed by atoms with van der Waals surface area (Å²) in [6.07, 6.45) is 0.0933. The van der Waals surface area contributed by atoms with Crippen LogP contribution in [0, 0.1) is 15.6 Å². The summed E-state index contributed by atoms with van der Waals surface area (Å²) >= 11 is 0. The summed E-state index contributed by atoms with van der Waals surface area (Å²) in [5, 5.41) is 61.9. The lowest BCUT2D eigenvalue weighted by molar-refractivity contribution is -0.305. The average molecular weight is 425 g/mol. The zero-order valence-electron chi connectivity index (χ0n) is 16.1. The molecule has 13 heteroatoms. The minimum Gasteiger partial charge on any atom is -0.738 e. The van der Waals surface area contributed by atoms with Gasteiger partial charge in [-0.2, -0.15) is 0 Å². The number of hydroxylamine groups is 2. The number of dihydropyridines is 1. The number of benzene rings is 1. The molecule has 0 spiro atoms. The Hall–Kier alpha value is -2.75. The number of anilines is 1. The molecule has 0 amide bonds. The van der Waals surface area contributed by atoms with E-state index in [1.807, 2.05) is 0 Å². The van der Waals surface area contributed by atoms with Gasteiger partial charge in [0.15, 0.2) is 0 Å². The van der Waals surface area contributed by atoms with Crippen molar-refractivity contribution in [1.29, 1.82) is 0 Å². The summed E-state index contributed by atoms with van der Waals surface area (Å²) in [6, 6.07) is 5.53. The number of nitrogens with one attached hydrogen (secondary N) is 1. The summed E-state index contributed by atoms with van der Waals surface area (Å²) in [6.45, 7) is 2.71. The Morgan fingerprint density at radius 2 is 1.80 bits per heavy atom. The molecular weight excluding hydrogens is 404 g/mol. The van der Waals surface area contributed by atoms with Crippen molar-refractivity contribution in [2.75, 3.05) is 18.4 Å². The maximum absolute atomic E-state index is 12.8. The van der Waals surface area contributed by atoms with E-state index in [9.17, 15) is 30.8 Å². The summed E-state index contributed by atoms with van der Waals surface area (Å²) < 4.78 is 5.16. The second-order valence-electron chi connectivity index (χ2n) is 6.31. The minimum atomic E-state index is -1.10. The molecule has 1 atom stereocenters. The Bertz CT molecular complexity index is 823. The van der Waals surface area contributed by atoms with Crippen LogP contribution in [-0.2, 0) is 14.4 Å². The van der Waals surface area contributed by atoms with E-state index in [0.717, 1.165) is 0 Å². The number of esters is 1. The third kappa shape index (κ3) is 5.65. The molecule has 0 saturated carbocycles. The molecule has 4 N–H and O–H groups in total. The maximum Gasteiger partial charge on any atom is 0.336 e. The number of hydrogen-bond acceptors (Lipinski definition) is 13. The minimum absolute atomic E-state index is 0.00781. The molecule has 166 valence electrons. The molecule has 0 radical (unpaired) electrons. The lowest BCUT2D eigenvalue weighted by Crippen LogP contribution is -2.34. The Morgan fingerprint density at radius 3 is 2.40 bits per heavy atom. The van der Waals surface area contributed by atoms with Gasteiger partial charge in [-0.05, 0) is 31.5 Å². The van der Waals surface area contributed by atoms with Crippen molar-refractivity contribution >= 4 is 11.7 Å². The van der Waals surface area contributed by atoms with E-state index in [4.69, 9.17) is 9.94 Å². The normalized spacial score (nSPS) is 16.6. The van der Waals surface area contributed by atoms with Crippen LogP contribution >= 0.6 is 0 Å². The van der Waals surface area contributed by atoms with Gasteiger partial charge in [0, 0.05) is 17.8 Å². The van der Waals surface area contributed by atoms with Crippen LogP contribution in [0.25, 0.3) is 0 Å². The molecule has 0 bridgehead atoms. The Balaban J connectivity index is 2.35. The molecule has 1 aliphatic rings. The van der Waals surface area contributed by atoms with E-state index < -0.39 is 17.3 Å². The SMILES string of the molecule is CC1=C(C(=O)OCCCON([O-])O)C(c2cccc(N([O-])O)c2)C(N([O-])O)=C(C)N1. The van der Waals surface area contributed by atoms with Crippen LogP contribution in [-0.4, -0.2) is 45.4 Å². The highest BCUT2D eigenvalue weighted by Crippen LogP contribution is 2.40. The first-order valence-corrected chi connectivity index (χ1v) is 8.70. The van der Waals surface area contributed by atoms with Gasteiger partial charge in [0.1, 0.15) is 0 Å². The van der Waals surface area contributed by atoms with Gasteiger partial charge in [-0.25, -0.2) is 4.79 Å². The van der Waals surface area contributed by atoms with Crippen molar-refractivity contribution in [3.63, 3.8) is 0 Å². The zero-order chi connectivity index (χ0) is 22.4. The van der Waals surface area contributed by atoms with Crippen molar-refractivity contribution in [2.24, 2.45) is 0 Å². The molecule has 1 unspecified atom stereocenters. The van der Waals surface area contributed by atoms with Crippen molar-refractivity contribution in [3.8, 4) is 0 Å². The Morgan fingerprint density at radius 1 is 1.10 bits per heavy atom. The standard InChI is InChI=1S/C17H21N4O9/c1-10-14(17(22)29-7-4-8-30-21(27)28)15(16(20(25)26)11(2)18-10)12-5-3-6-13(9-12)19(23)24/h3,5-6,9,15,18,23,25,27H,4,7-8H2,1-2H3/q-3. The second kappa shape index (κ2) is 10.3.